The van der Waals surface area contributed by atoms with Crippen molar-refractivity contribution in [1.29, 1.82) is 0 Å². The average molecular weight is 409 g/mol. The summed E-state index contributed by atoms with van der Waals surface area (Å²) in [7, 11) is 0. The van der Waals surface area contributed by atoms with Gasteiger partial charge in [0, 0.05) is 12.1 Å². The molecule has 162 valence electrons. The van der Waals surface area contributed by atoms with Crippen molar-refractivity contribution < 1.29 is 9.59 Å². The Kier molecular flexibility index (Phi) is 7.83. The molecule has 0 aliphatic heterocycles. The molecule has 0 saturated heterocycles. The van der Waals surface area contributed by atoms with Gasteiger partial charge >= 0.3 is 0 Å². The predicted molar refractivity (Wildman–Crippen MR) is 123 cm³/mol. The first-order chi connectivity index (χ1) is 14.0. The van der Waals surface area contributed by atoms with Crippen LogP contribution in [-0.4, -0.2) is 28.3 Å². The summed E-state index contributed by atoms with van der Waals surface area (Å²) in [6.45, 7) is 14.4. The van der Waals surface area contributed by atoms with Gasteiger partial charge in [-0.3, -0.25) is 9.59 Å². The maximum Gasteiger partial charge on any atom is 0.243 e. The van der Waals surface area contributed by atoms with Crippen LogP contribution in [0.2, 0.25) is 0 Å². The third kappa shape index (κ3) is 6.72. The Morgan fingerprint density at radius 3 is 2.13 bits per heavy atom. The van der Waals surface area contributed by atoms with E-state index in [1.807, 2.05) is 84.9 Å². The Morgan fingerprint density at radius 1 is 1.00 bits per heavy atom. The van der Waals surface area contributed by atoms with Gasteiger partial charge in [0.2, 0.25) is 11.8 Å². The smallest absolute Gasteiger partial charge is 0.243 e. The predicted octanol–water partition coefficient (Wildman–Crippen LogP) is 4.88. The van der Waals surface area contributed by atoms with Crippen LogP contribution in [0.1, 0.15) is 61.9 Å². The number of nitrogens with one attached hydrogen (secondary N) is 1. The van der Waals surface area contributed by atoms with Crippen molar-refractivity contribution in [3.8, 4) is 0 Å². The van der Waals surface area contributed by atoms with Crippen LogP contribution in [0, 0.1) is 20.8 Å². The highest BCUT2D eigenvalue weighted by molar-refractivity contribution is 5.88. The molecule has 4 heteroatoms. The van der Waals surface area contributed by atoms with Gasteiger partial charge < -0.3 is 10.2 Å². The van der Waals surface area contributed by atoms with Crippen molar-refractivity contribution in [2.24, 2.45) is 0 Å². The van der Waals surface area contributed by atoms with Gasteiger partial charge in [-0.1, -0.05) is 60.5 Å². The molecule has 30 heavy (non-hydrogen) atoms. The molecule has 0 aromatic heterocycles. The molecule has 1 atom stereocenters. The SMILES string of the molecule is CC[C@@H](C(=O)NC(C)(C)C)N(Cc1ccccc1C)C(=O)Cc1cc(C)cc(C)c1. The number of benzene rings is 2. The van der Waals surface area contributed by atoms with Crippen LogP contribution in [0.25, 0.3) is 0 Å². The summed E-state index contributed by atoms with van der Waals surface area (Å²) in [5, 5.41) is 3.06. The molecular weight excluding hydrogens is 372 g/mol. The molecule has 0 radical (unpaired) electrons. The van der Waals surface area contributed by atoms with E-state index in [2.05, 4.69) is 11.4 Å². The van der Waals surface area contributed by atoms with Crippen LogP contribution in [0.3, 0.4) is 0 Å². The van der Waals surface area contributed by atoms with E-state index in [0.717, 1.165) is 27.8 Å². The fourth-order valence-electron chi connectivity index (χ4n) is 3.79. The van der Waals surface area contributed by atoms with E-state index in [1.54, 1.807) is 4.90 Å². The first-order valence-electron chi connectivity index (χ1n) is 10.7. The number of carbonyl (C=O) groups excluding carboxylic acids is 2. The lowest BCUT2D eigenvalue weighted by atomic mass is 10.0. The lowest BCUT2D eigenvalue weighted by Gasteiger charge is -2.33. The van der Waals surface area contributed by atoms with E-state index in [1.165, 1.54) is 0 Å². The summed E-state index contributed by atoms with van der Waals surface area (Å²) in [5.74, 6) is -0.133. The number of hydrogen-bond acceptors (Lipinski definition) is 2. The first-order valence-corrected chi connectivity index (χ1v) is 10.7. The minimum absolute atomic E-state index is 0.0286. The van der Waals surface area contributed by atoms with E-state index in [9.17, 15) is 9.59 Å². The molecule has 0 aliphatic carbocycles. The lowest BCUT2D eigenvalue weighted by molar-refractivity contribution is -0.141. The van der Waals surface area contributed by atoms with Gasteiger partial charge in [-0.05, 0) is 64.7 Å². The molecule has 0 bridgehead atoms. The molecule has 0 heterocycles. The van der Waals surface area contributed by atoms with Gasteiger partial charge in [0.05, 0.1) is 6.42 Å². The highest BCUT2D eigenvalue weighted by Gasteiger charge is 2.30. The molecule has 0 fully saturated rings. The molecule has 4 nitrogen and oxygen atoms in total. The second kappa shape index (κ2) is 9.92. The summed E-state index contributed by atoms with van der Waals surface area (Å²) in [6.07, 6.45) is 0.847. The molecule has 0 aliphatic rings. The highest BCUT2D eigenvalue weighted by atomic mass is 16.2. The van der Waals surface area contributed by atoms with Crippen LogP contribution in [0.4, 0.5) is 0 Å². The van der Waals surface area contributed by atoms with Crippen LogP contribution in [-0.2, 0) is 22.6 Å². The van der Waals surface area contributed by atoms with E-state index in [4.69, 9.17) is 0 Å². The van der Waals surface area contributed by atoms with Gasteiger partial charge in [-0.15, -0.1) is 0 Å². The van der Waals surface area contributed by atoms with Gasteiger partial charge in [-0.25, -0.2) is 0 Å². The Labute approximate surface area is 181 Å². The topological polar surface area (TPSA) is 49.4 Å². The highest BCUT2D eigenvalue weighted by Crippen LogP contribution is 2.18. The minimum Gasteiger partial charge on any atom is -0.350 e. The van der Waals surface area contributed by atoms with Crippen LogP contribution < -0.4 is 5.32 Å². The van der Waals surface area contributed by atoms with Crippen LogP contribution in [0.5, 0.6) is 0 Å². The maximum absolute atomic E-state index is 13.5. The van der Waals surface area contributed by atoms with E-state index in [-0.39, 0.29) is 23.8 Å². The Bertz CT molecular complexity index is 876. The zero-order valence-electron chi connectivity index (χ0n) is 19.5. The normalized spacial score (nSPS) is 12.4. The molecule has 2 rings (SSSR count). The van der Waals surface area contributed by atoms with E-state index >= 15 is 0 Å². The summed E-state index contributed by atoms with van der Waals surface area (Å²) >= 11 is 0. The average Bonchev–Trinajstić information content (AvgIpc) is 2.60. The third-order valence-electron chi connectivity index (χ3n) is 5.12. The van der Waals surface area contributed by atoms with Crippen molar-refractivity contribution in [2.45, 2.75) is 79.4 Å². The van der Waals surface area contributed by atoms with Crippen LogP contribution in [0.15, 0.2) is 42.5 Å². The van der Waals surface area contributed by atoms with Crippen molar-refractivity contribution in [2.75, 3.05) is 0 Å². The third-order valence-corrected chi connectivity index (χ3v) is 5.12. The van der Waals surface area contributed by atoms with Crippen molar-refractivity contribution in [1.82, 2.24) is 10.2 Å². The molecule has 2 aromatic rings. The zero-order chi connectivity index (χ0) is 22.5. The summed E-state index contributed by atoms with van der Waals surface area (Å²) in [5.41, 5.74) is 5.09. The molecule has 0 saturated carbocycles. The van der Waals surface area contributed by atoms with Gasteiger partial charge in [0.15, 0.2) is 0 Å². The summed E-state index contributed by atoms with van der Waals surface area (Å²) < 4.78 is 0. The quantitative estimate of drug-likeness (QED) is 0.710. The van der Waals surface area contributed by atoms with Gasteiger partial charge in [0.25, 0.3) is 0 Å². The van der Waals surface area contributed by atoms with Gasteiger partial charge in [0.1, 0.15) is 6.04 Å². The lowest BCUT2D eigenvalue weighted by Crippen LogP contribution is -2.53. The molecule has 2 amide bonds. The zero-order valence-corrected chi connectivity index (χ0v) is 19.5. The fraction of sp³-hybridized carbons (Fsp3) is 0.462. The van der Waals surface area contributed by atoms with Crippen molar-refractivity contribution in [3.05, 3.63) is 70.3 Å². The fourth-order valence-corrected chi connectivity index (χ4v) is 3.79. The number of aryl methyl sites for hydroxylation is 3. The molecule has 1 N–H and O–H groups in total. The molecule has 0 unspecified atom stereocenters. The minimum atomic E-state index is -0.512. The maximum atomic E-state index is 13.5. The Balaban J connectivity index is 2.36. The van der Waals surface area contributed by atoms with Gasteiger partial charge in [-0.2, -0.15) is 0 Å². The first kappa shape index (κ1) is 23.7. The second-order valence-corrected chi connectivity index (χ2v) is 9.28. The Morgan fingerprint density at radius 2 is 1.60 bits per heavy atom. The largest absolute Gasteiger partial charge is 0.350 e. The van der Waals surface area contributed by atoms with E-state index in [0.29, 0.717) is 13.0 Å². The summed E-state index contributed by atoms with van der Waals surface area (Å²) in [4.78, 5) is 28.3. The molecule has 0 spiro atoms. The molecule has 2 aromatic carbocycles. The number of carbonyl (C=O) groups is 2. The Hall–Kier alpha value is -2.62. The number of hydrogen-bond donors (Lipinski definition) is 1. The van der Waals surface area contributed by atoms with Crippen molar-refractivity contribution in [3.63, 3.8) is 0 Å². The van der Waals surface area contributed by atoms with Crippen molar-refractivity contribution >= 4 is 11.8 Å². The number of nitrogens with zero attached hydrogens (tertiary/aromatic N) is 1. The van der Waals surface area contributed by atoms with E-state index < -0.39 is 6.04 Å². The standard InChI is InChI=1S/C26H36N2O2/c1-8-23(25(30)27-26(5,6)7)28(17-22-12-10-9-11-20(22)4)24(29)16-21-14-18(2)13-19(3)15-21/h9-15,23H,8,16-17H2,1-7H3,(H,27,30)/t23-/m0/s1. The summed E-state index contributed by atoms with van der Waals surface area (Å²) in [6, 6.07) is 13.7. The number of amides is 2. The number of rotatable bonds is 7. The van der Waals surface area contributed by atoms with Crippen LogP contribution >= 0.6 is 0 Å². The second-order valence-electron chi connectivity index (χ2n) is 9.28. The molecular formula is C26H36N2O2. The monoisotopic (exact) mass is 408 g/mol.